The predicted molar refractivity (Wildman–Crippen MR) is 136 cm³/mol. The Labute approximate surface area is 212 Å². The van der Waals surface area contributed by atoms with Crippen molar-refractivity contribution in [3.63, 3.8) is 0 Å². The Balaban J connectivity index is 2.26. The lowest BCUT2D eigenvalue weighted by Crippen LogP contribution is -2.24. The van der Waals surface area contributed by atoms with Crippen LogP contribution in [0.2, 0.25) is 10.0 Å². The van der Waals surface area contributed by atoms with Gasteiger partial charge in [0.05, 0.1) is 31.0 Å². The van der Waals surface area contributed by atoms with Gasteiger partial charge in [-0.25, -0.2) is 9.78 Å². The maximum Gasteiger partial charge on any atom is 0.358 e. The van der Waals surface area contributed by atoms with Crippen molar-refractivity contribution in [2.45, 2.75) is 32.9 Å². The van der Waals surface area contributed by atoms with E-state index in [2.05, 4.69) is 26.2 Å². The average Bonchev–Trinajstić information content (AvgIpc) is 3.12. The second kappa shape index (κ2) is 11.4. The molecule has 0 amide bonds. The van der Waals surface area contributed by atoms with E-state index in [9.17, 15) is 4.79 Å². The number of imidazole rings is 1. The van der Waals surface area contributed by atoms with E-state index in [4.69, 9.17) is 32.7 Å². The van der Waals surface area contributed by atoms with E-state index in [1.807, 2.05) is 60.9 Å². The lowest BCUT2D eigenvalue weighted by atomic mass is 10.00. The fourth-order valence-corrected chi connectivity index (χ4v) is 4.66. The van der Waals surface area contributed by atoms with E-state index in [1.54, 1.807) is 14.0 Å². The quantitative estimate of drug-likeness (QED) is 0.293. The number of ether oxygens (including phenoxy) is 2. The summed E-state index contributed by atoms with van der Waals surface area (Å²) in [7, 11) is 1.64. The third-order valence-corrected chi connectivity index (χ3v) is 6.25. The lowest BCUT2D eigenvalue weighted by Gasteiger charge is -2.26. The van der Waals surface area contributed by atoms with E-state index >= 15 is 0 Å². The molecule has 0 fully saturated rings. The number of anilines is 1. The summed E-state index contributed by atoms with van der Waals surface area (Å²) in [6.45, 7) is 6.42. The van der Waals surface area contributed by atoms with Crippen LogP contribution in [0, 0.1) is 6.92 Å². The van der Waals surface area contributed by atoms with Crippen LogP contribution in [0.25, 0.3) is 0 Å². The van der Waals surface area contributed by atoms with E-state index < -0.39 is 12.0 Å². The Bertz CT molecular complexity index is 1120. The number of benzene rings is 2. The number of rotatable bonds is 9. The third-order valence-electron chi connectivity index (χ3n) is 5.20. The summed E-state index contributed by atoms with van der Waals surface area (Å²) < 4.78 is 13.2. The predicted octanol–water partition coefficient (Wildman–Crippen LogP) is 6.85. The first-order chi connectivity index (χ1) is 15.8. The Hall–Kier alpha value is -2.06. The molecule has 2 atom stereocenters. The van der Waals surface area contributed by atoms with Crippen molar-refractivity contribution in [1.82, 2.24) is 9.55 Å². The minimum atomic E-state index is -0.500. The number of aromatic nitrogens is 2. The van der Waals surface area contributed by atoms with Crippen molar-refractivity contribution in [3.8, 4) is 0 Å². The highest BCUT2D eigenvalue weighted by Gasteiger charge is 2.32. The van der Waals surface area contributed by atoms with Gasteiger partial charge < -0.3 is 19.4 Å². The highest BCUT2D eigenvalue weighted by Crippen LogP contribution is 2.36. The standard InChI is InChI=1S/C24H26BrCl2N3O3/c1-5-33-23(31)21-22(30(24(25)29-21)15(3)13-32-4)20(16-7-10-17(26)11-8-16)28-19-12-18(27)9-6-14(19)2/h6-12,15,20,28H,5,13H2,1-4H3. The number of nitrogens with zero attached hydrogens (tertiary/aromatic N) is 2. The molecule has 0 spiro atoms. The Morgan fingerprint density at radius 1 is 1.18 bits per heavy atom. The minimum absolute atomic E-state index is 0.118. The van der Waals surface area contributed by atoms with Gasteiger partial charge in [0.2, 0.25) is 0 Å². The zero-order valence-corrected chi connectivity index (χ0v) is 22.0. The van der Waals surface area contributed by atoms with Crippen molar-refractivity contribution in [2.75, 3.05) is 25.6 Å². The van der Waals surface area contributed by atoms with Gasteiger partial charge in [0.1, 0.15) is 0 Å². The van der Waals surface area contributed by atoms with Crippen LogP contribution in [0.1, 0.15) is 53.2 Å². The monoisotopic (exact) mass is 553 g/mol. The van der Waals surface area contributed by atoms with Crippen LogP contribution in [0.15, 0.2) is 47.2 Å². The number of aryl methyl sites for hydroxylation is 1. The van der Waals surface area contributed by atoms with E-state index in [1.165, 1.54) is 0 Å². The summed E-state index contributed by atoms with van der Waals surface area (Å²) in [6.07, 6.45) is 0. The van der Waals surface area contributed by atoms with Crippen LogP contribution in [0.5, 0.6) is 0 Å². The van der Waals surface area contributed by atoms with Crippen LogP contribution >= 0.6 is 39.1 Å². The highest BCUT2D eigenvalue weighted by atomic mass is 79.9. The topological polar surface area (TPSA) is 65.4 Å². The molecule has 2 aromatic carbocycles. The van der Waals surface area contributed by atoms with Gasteiger partial charge in [-0.1, -0.05) is 41.4 Å². The van der Waals surface area contributed by atoms with Crippen LogP contribution in [0.4, 0.5) is 5.69 Å². The fraction of sp³-hybridized carbons (Fsp3) is 0.333. The first-order valence-corrected chi connectivity index (χ1v) is 12.0. The van der Waals surface area contributed by atoms with E-state index in [0.29, 0.717) is 27.1 Å². The molecule has 0 aliphatic carbocycles. The number of esters is 1. The summed E-state index contributed by atoms with van der Waals surface area (Å²) in [4.78, 5) is 17.5. The second-order valence-electron chi connectivity index (χ2n) is 7.60. The second-order valence-corrected chi connectivity index (χ2v) is 9.18. The van der Waals surface area contributed by atoms with Crippen LogP contribution < -0.4 is 5.32 Å². The van der Waals surface area contributed by atoms with Gasteiger partial charge in [-0.3, -0.25) is 0 Å². The highest BCUT2D eigenvalue weighted by molar-refractivity contribution is 9.10. The average molecular weight is 555 g/mol. The van der Waals surface area contributed by atoms with Crippen molar-refractivity contribution in [2.24, 2.45) is 0 Å². The normalized spacial score (nSPS) is 12.9. The Morgan fingerprint density at radius 2 is 1.85 bits per heavy atom. The van der Waals surface area contributed by atoms with Gasteiger partial charge in [-0.15, -0.1) is 0 Å². The molecule has 6 nitrogen and oxygen atoms in total. The number of hydrogen-bond donors (Lipinski definition) is 1. The molecule has 9 heteroatoms. The number of carbonyl (C=O) groups excluding carboxylic acids is 1. The van der Waals surface area contributed by atoms with Crippen molar-refractivity contribution < 1.29 is 14.3 Å². The lowest BCUT2D eigenvalue weighted by molar-refractivity contribution is 0.0518. The molecule has 1 heterocycles. The molecular weight excluding hydrogens is 529 g/mol. The third kappa shape index (κ3) is 5.90. The Kier molecular flexibility index (Phi) is 8.82. The maximum absolute atomic E-state index is 13.0. The maximum atomic E-state index is 13.0. The number of nitrogens with one attached hydrogen (secondary N) is 1. The SMILES string of the molecule is CCOC(=O)c1nc(Br)n(C(C)COC)c1C(Nc1cc(Cl)ccc1C)c1ccc(Cl)cc1. The minimum Gasteiger partial charge on any atom is -0.461 e. The first-order valence-electron chi connectivity index (χ1n) is 10.5. The smallest absolute Gasteiger partial charge is 0.358 e. The summed E-state index contributed by atoms with van der Waals surface area (Å²) >= 11 is 16.0. The van der Waals surface area contributed by atoms with Crippen LogP contribution in [-0.4, -0.2) is 35.8 Å². The molecule has 0 saturated heterocycles. The van der Waals surface area contributed by atoms with Gasteiger partial charge in [-0.05, 0) is 72.1 Å². The number of hydrogen-bond acceptors (Lipinski definition) is 5. The van der Waals surface area contributed by atoms with Gasteiger partial charge in [-0.2, -0.15) is 0 Å². The van der Waals surface area contributed by atoms with Crippen molar-refractivity contribution >= 4 is 50.8 Å². The number of carbonyl (C=O) groups is 1. The summed E-state index contributed by atoms with van der Waals surface area (Å²) in [5.74, 6) is -0.500. The molecule has 2 unspecified atom stereocenters. The number of halogens is 3. The molecule has 0 aliphatic heterocycles. The molecule has 0 aliphatic rings. The van der Waals surface area contributed by atoms with Crippen molar-refractivity contribution in [1.29, 1.82) is 0 Å². The zero-order chi connectivity index (χ0) is 24.1. The van der Waals surface area contributed by atoms with E-state index in [0.717, 1.165) is 16.8 Å². The largest absolute Gasteiger partial charge is 0.461 e. The Morgan fingerprint density at radius 3 is 2.48 bits per heavy atom. The van der Waals surface area contributed by atoms with Gasteiger partial charge in [0.25, 0.3) is 0 Å². The summed E-state index contributed by atoms with van der Waals surface area (Å²) in [5, 5.41) is 4.79. The fourth-order valence-electron chi connectivity index (χ4n) is 3.65. The summed E-state index contributed by atoms with van der Waals surface area (Å²) in [5.41, 5.74) is 3.60. The molecule has 3 rings (SSSR count). The first kappa shape index (κ1) is 25.6. The van der Waals surface area contributed by atoms with Gasteiger partial charge in [0.15, 0.2) is 10.4 Å². The van der Waals surface area contributed by atoms with Gasteiger partial charge >= 0.3 is 5.97 Å². The molecular formula is C24H26BrCl2N3O3. The van der Waals surface area contributed by atoms with Crippen LogP contribution in [0.3, 0.4) is 0 Å². The molecule has 1 aromatic heterocycles. The number of methoxy groups -OCH3 is 1. The molecule has 176 valence electrons. The molecule has 0 bridgehead atoms. The van der Waals surface area contributed by atoms with Crippen LogP contribution in [-0.2, 0) is 9.47 Å². The molecule has 0 saturated carbocycles. The molecule has 1 N–H and O–H groups in total. The van der Waals surface area contributed by atoms with Gasteiger partial charge in [0, 0.05) is 22.8 Å². The molecule has 0 radical (unpaired) electrons. The zero-order valence-electron chi connectivity index (χ0n) is 18.9. The van der Waals surface area contributed by atoms with E-state index in [-0.39, 0.29) is 18.3 Å². The summed E-state index contributed by atoms with van der Waals surface area (Å²) in [6, 6.07) is 12.5. The van der Waals surface area contributed by atoms with Crippen molar-refractivity contribution in [3.05, 3.63) is 79.8 Å². The molecule has 3 aromatic rings. The molecule has 33 heavy (non-hydrogen) atoms.